The number of nitrogen functional groups attached to an aromatic ring is 1. The molecule has 1 aliphatic carbocycles. The van der Waals surface area contributed by atoms with Crippen LogP contribution in [0.1, 0.15) is 24.8 Å². The van der Waals surface area contributed by atoms with Crippen LogP contribution < -0.4 is 16.2 Å². The summed E-state index contributed by atoms with van der Waals surface area (Å²) in [4.78, 5) is 21.1. The zero-order chi connectivity index (χ0) is 21.1. The van der Waals surface area contributed by atoms with E-state index < -0.39 is 0 Å². The molecule has 1 aliphatic heterocycles. The van der Waals surface area contributed by atoms with Crippen LogP contribution in [0.5, 0.6) is 5.75 Å². The maximum absolute atomic E-state index is 12.0. The first-order valence-corrected chi connectivity index (χ1v) is 10.6. The second-order valence-corrected chi connectivity index (χ2v) is 8.49. The quantitative estimate of drug-likeness (QED) is 0.512. The van der Waals surface area contributed by atoms with Crippen LogP contribution in [-0.4, -0.2) is 36.7 Å². The van der Waals surface area contributed by atoms with Crippen molar-refractivity contribution in [1.82, 2.24) is 24.1 Å². The molecule has 9 nitrogen and oxygen atoms in total. The minimum absolute atomic E-state index is 0.128. The summed E-state index contributed by atoms with van der Waals surface area (Å²) in [5, 5.41) is 4.22. The van der Waals surface area contributed by atoms with Gasteiger partial charge in [0.2, 0.25) is 11.9 Å². The fourth-order valence-corrected chi connectivity index (χ4v) is 4.64. The lowest BCUT2D eigenvalue weighted by Crippen LogP contribution is -2.26. The Morgan fingerprint density at radius 2 is 2.13 bits per heavy atom. The molecule has 1 atom stereocenters. The van der Waals surface area contributed by atoms with Gasteiger partial charge in [0.15, 0.2) is 5.65 Å². The van der Waals surface area contributed by atoms with Gasteiger partial charge in [0.25, 0.3) is 0 Å². The number of aromatic nitrogens is 5. The third kappa shape index (κ3) is 3.08. The molecule has 6 rings (SSSR count). The fraction of sp³-hybridized carbons (Fsp3) is 0.364. The van der Waals surface area contributed by atoms with E-state index in [1.807, 2.05) is 18.3 Å². The summed E-state index contributed by atoms with van der Waals surface area (Å²) in [5.41, 5.74) is 15.9. The van der Waals surface area contributed by atoms with Crippen molar-refractivity contribution in [3.05, 3.63) is 36.0 Å². The predicted molar refractivity (Wildman–Crippen MR) is 115 cm³/mol. The number of nitrogens with two attached hydrogens (primary N) is 2. The van der Waals surface area contributed by atoms with Crippen molar-refractivity contribution in [3.63, 3.8) is 0 Å². The van der Waals surface area contributed by atoms with E-state index in [1.165, 1.54) is 0 Å². The number of fused-ring (bicyclic) bond motifs is 1. The van der Waals surface area contributed by atoms with Crippen LogP contribution in [0, 0.1) is 11.8 Å². The molecule has 0 spiro atoms. The lowest BCUT2D eigenvalue weighted by atomic mass is 9.94. The number of nitrogens with zero attached hydrogens (tertiary/aromatic N) is 5. The van der Waals surface area contributed by atoms with E-state index in [-0.39, 0.29) is 17.8 Å². The third-order valence-corrected chi connectivity index (χ3v) is 6.27. The number of benzene rings is 1. The van der Waals surface area contributed by atoms with Gasteiger partial charge in [-0.05, 0) is 61.4 Å². The molecule has 0 saturated heterocycles. The number of hydrogen-bond acceptors (Lipinski definition) is 6. The summed E-state index contributed by atoms with van der Waals surface area (Å²) < 4.78 is 9.96. The molecule has 3 aromatic heterocycles. The summed E-state index contributed by atoms with van der Waals surface area (Å²) in [7, 11) is 0. The Hall–Kier alpha value is -3.62. The standard InChI is InChI=1S/C22H23N7O2/c23-20(30)15(13-2-3-13)8-12-9-16-19-17(10-12)31-7-1-6-28(19)21(25-16)14-4-5-18-26-22(24)27-29(18)11-14/h4-5,9-11,13,15H,1-3,6-8H2,(H2,23,30)(H2,24,27)/t15-/m0/s1. The first-order chi connectivity index (χ1) is 15.1. The zero-order valence-corrected chi connectivity index (χ0v) is 17.0. The Morgan fingerprint density at radius 1 is 1.26 bits per heavy atom. The number of aryl methyl sites for hydroxylation is 1. The minimum atomic E-state index is -0.221. The smallest absolute Gasteiger partial charge is 0.240 e. The van der Waals surface area contributed by atoms with E-state index in [9.17, 15) is 4.79 Å². The molecule has 4 aromatic rings. The van der Waals surface area contributed by atoms with E-state index in [0.29, 0.717) is 24.6 Å². The number of rotatable bonds is 5. The SMILES string of the molecule is NC(=O)[C@@H](Cc1cc2c3c(c1)nc(-c1ccc4nc(N)nn4c1)n3CCCO2)C1CC1. The molecule has 1 fully saturated rings. The van der Waals surface area contributed by atoms with Crippen LogP contribution in [0.4, 0.5) is 5.95 Å². The van der Waals surface area contributed by atoms with Crippen molar-refractivity contribution in [2.45, 2.75) is 32.2 Å². The maximum atomic E-state index is 12.0. The molecule has 158 valence electrons. The van der Waals surface area contributed by atoms with Gasteiger partial charge >= 0.3 is 0 Å². The molecule has 0 radical (unpaired) electrons. The van der Waals surface area contributed by atoms with E-state index in [2.05, 4.69) is 26.8 Å². The average molecular weight is 417 g/mol. The van der Waals surface area contributed by atoms with Crippen molar-refractivity contribution in [2.24, 2.45) is 17.6 Å². The monoisotopic (exact) mass is 417 g/mol. The molecule has 4 heterocycles. The van der Waals surface area contributed by atoms with Crippen LogP contribution in [0.2, 0.25) is 0 Å². The van der Waals surface area contributed by atoms with Gasteiger partial charge in [0.1, 0.15) is 17.1 Å². The summed E-state index contributed by atoms with van der Waals surface area (Å²) in [6, 6.07) is 7.99. The molecule has 1 aromatic carbocycles. The first kappa shape index (κ1) is 18.2. The van der Waals surface area contributed by atoms with Crippen molar-refractivity contribution in [1.29, 1.82) is 0 Å². The van der Waals surface area contributed by atoms with Crippen LogP contribution in [0.25, 0.3) is 28.1 Å². The molecule has 9 heteroatoms. The minimum Gasteiger partial charge on any atom is -0.491 e. The Balaban J connectivity index is 1.48. The molecule has 2 aliphatic rings. The number of carbonyl (C=O) groups is 1. The normalized spacial score (nSPS) is 16.9. The molecular formula is C22H23N7O2. The van der Waals surface area contributed by atoms with Crippen molar-refractivity contribution in [2.75, 3.05) is 12.3 Å². The molecule has 0 bridgehead atoms. The summed E-state index contributed by atoms with van der Waals surface area (Å²) >= 11 is 0. The summed E-state index contributed by atoms with van der Waals surface area (Å²) in [5.74, 6) is 1.96. The van der Waals surface area contributed by atoms with Crippen LogP contribution in [-0.2, 0) is 17.8 Å². The van der Waals surface area contributed by atoms with Crippen LogP contribution in [0.3, 0.4) is 0 Å². The van der Waals surface area contributed by atoms with Crippen molar-refractivity contribution in [3.8, 4) is 17.1 Å². The highest BCUT2D eigenvalue weighted by atomic mass is 16.5. The third-order valence-electron chi connectivity index (χ3n) is 6.27. The first-order valence-electron chi connectivity index (χ1n) is 10.6. The Bertz CT molecular complexity index is 1330. The number of pyridine rings is 1. The number of carbonyl (C=O) groups excluding carboxylic acids is 1. The highest BCUT2D eigenvalue weighted by Crippen LogP contribution is 2.40. The van der Waals surface area contributed by atoms with Crippen molar-refractivity contribution < 1.29 is 9.53 Å². The van der Waals surface area contributed by atoms with Gasteiger partial charge < -0.3 is 20.8 Å². The Labute approximate surface area is 178 Å². The second kappa shape index (κ2) is 6.69. The fourth-order valence-electron chi connectivity index (χ4n) is 4.64. The topological polar surface area (TPSA) is 126 Å². The number of primary amides is 1. The van der Waals surface area contributed by atoms with Gasteiger partial charge in [-0.2, -0.15) is 4.98 Å². The molecular weight excluding hydrogens is 394 g/mol. The number of hydrogen-bond donors (Lipinski definition) is 2. The number of imidazole rings is 1. The number of anilines is 1. The maximum Gasteiger partial charge on any atom is 0.240 e. The second-order valence-electron chi connectivity index (χ2n) is 8.49. The lowest BCUT2D eigenvalue weighted by Gasteiger charge is -2.13. The molecule has 1 saturated carbocycles. The van der Waals surface area contributed by atoms with Gasteiger partial charge in [-0.1, -0.05) is 0 Å². The average Bonchev–Trinajstić information content (AvgIpc) is 3.45. The van der Waals surface area contributed by atoms with Gasteiger partial charge in [-0.15, -0.1) is 5.10 Å². The van der Waals surface area contributed by atoms with E-state index in [1.54, 1.807) is 4.52 Å². The molecule has 31 heavy (non-hydrogen) atoms. The van der Waals surface area contributed by atoms with E-state index in [4.69, 9.17) is 21.2 Å². The molecule has 0 unspecified atom stereocenters. The van der Waals surface area contributed by atoms with E-state index in [0.717, 1.165) is 59.5 Å². The van der Waals surface area contributed by atoms with Crippen molar-refractivity contribution >= 4 is 28.5 Å². The van der Waals surface area contributed by atoms with Gasteiger partial charge in [0, 0.05) is 24.2 Å². The lowest BCUT2D eigenvalue weighted by molar-refractivity contribution is -0.122. The Morgan fingerprint density at radius 3 is 2.94 bits per heavy atom. The number of ether oxygens (including phenoxy) is 1. The zero-order valence-electron chi connectivity index (χ0n) is 17.0. The van der Waals surface area contributed by atoms with Crippen LogP contribution in [0.15, 0.2) is 30.5 Å². The highest BCUT2D eigenvalue weighted by molar-refractivity contribution is 5.87. The molecule has 4 N–H and O–H groups in total. The predicted octanol–water partition coefficient (Wildman–Crippen LogP) is 2.16. The van der Waals surface area contributed by atoms with Crippen LogP contribution >= 0.6 is 0 Å². The molecule has 1 amide bonds. The van der Waals surface area contributed by atoms with Gasteiger partial charge in [0.05, 0.1) is 12.1 Å². The van der Waals surface area contributed by atoms with Gasteiger partial charge in [-0.3, -0.25) is 4.79 Å². The largest absolute Gasteiger partial charge is 0.491 e. The van der Waals surface area contributed by atoms with E-state index >= 15 is 0 Å². The summed E-state index contributed by atoms with van der Waals surface area (Å²) in [6.45, 7) is 1.45. The number of amides is 1. The van der Waals surface area contributed by atoms with Gasteiger partial charge in [-0.25, -0.2) is 9.50 Å². The Kier molecular flexibility index (Phi) is 3.92. The highest BCUT2D eigenvalue weighted by Gasteiger charge is 2.35. The summed E-state index contributed by atoms with van der Waals surface area (Å²) in [6.07, 6.45) is 5.55.